The Hall–Kier alpha value is -2.17. The zero-order valence-electron chi connectivity index (χ0n) is 11.4. The molecule has 0 unspecified atom stereocenters. The molecule has 4 nitrogen and oxygen atoms in total. The molecule has 0 aliphatic heterocycles. The van der Waals surface area contributed by atoms with Crippen LogP contribution < -0.4 is 4.74 Å². The highest BCUT2D eigenvalue weighted by atomic mass is 35.5. The molecule has 0 amide bonds. The molecule has 112 valence electrons. The summed E-state index contributed by atoms with van der Waals surface area (Å²) in [6.07, 6.45) is 0. The Bertz CT molecular complexity index is 854. The van der Waals surface area contributed by atoms with Crippen LogP contribution in [0.4, 0.5) is 0 Å². The molecular formula is C16H10Cl2O4. The third kappa shape index (κ3) is 2.89. The summed E-state index contributed by atoms with van der Waals surface area (Å²) in [5.74, 6) is 0.765. The Kier molecular flexibility index (Phi) is 3.96. The van der Waals surface area contributed by atoms with Crippen LogP contribution in [-0.4, -0.2) is 13.1 Å². The van der Waals surface area contributed by atoms with Gasteiger partial charge in [0.1, 0.15) is 17.1 Å². The van der Waals surface area contributed by atoms with E-state index in [2.05, 4.69) is 4.74 Å². The summed E-state index contributed by atoms with van der Waals surface area (Å²) < 4.78 is 15.7. The first kappa shape index (κ1) is 14.8. The number of benzene rings is 2. The van der Waals surface area contributed by atoms with E-state index in [1.807, 2.05) is 0 Å². The lowest BCUT2D eigenvalue weighted by atomic mass is 10.2. The van der Waals surface area contributed by atoms with Crippen molar-refractivity contribution in [1.82, 2.24) is 0 Å². The third-order valence-corrected chi connectivity index (χ3v) is 3.74. The predicted molar refractivity (Wildman–Crippen MR) is 84.1 cm³/mol. The molecule has 0 bridgehead atoms. The Labute approximate surface area is 136 Å². The van der Waals surface area contributed by atoms with Gasteiger partial charge in [-0.05, 0) is 36.4 Å². The van der Waals surface area contributed by atoms with Gasteiger partial charge in [-0.15, -0.1) is 0 Å². The second-order valence-corrected chi connectivity index (χ2v) is 5.29. The lowest BCUT2D eigenvalue weighted by Gasteiger charge is -2.06. The van der Waals surface area contributed by atoms with E-state index in [-0.39, 0.29) is 5.76 Å². The van der Waals surface area contributed by atoms with E-state index in [9.17, 15) is 4.79 Å². The van der Waals surface area contributed by atoms with Crippen molar-refractivity contribution in [1.29, 1.82) is 0 Å². The average molecular weight is 337 g/mol. The fraction of sp³-hybridized carbons (Fsp3) is 0.0625. The van der Waals surface area contributed by atoms with Crippen LogP contribution >= 0.6 is 23.2 Å². The first-order valence-electron chi connectivity index (χ1n) is 6.31. The number of carbonyl (C=O) groups is 1. The molecule has 3 aromatic rings. The first-order chi connectivity index (χ1) is 10.6. The highest BCUT2D eigenvalue weighted by Crippen LogP contribution is 2.31. The standard InChI is InChI=1S/C16H10Cl2O4/c1-20-16(19)15-7-9-6-10(3-5-14(9)22-15)21-11-2-4-12(17)13(18)8-11/h2-8H,1H3. The van der Waals surface area contributed by atoms with E-state index in [0.29, 0.717) is 27.1 Å². The lowest BCUT2D eigenvalue weighted by Crippen LogP contribution is -1.97. The summed E-state index contributed by atoms with van der Waals surface area (Å²) in [6, 6.07) is 11.8. The Morgan fingerprint density at radius 1 is 1.00 bits per heavy atom. The molecule has 0 radical (unpaired) electrons. The number of methoxy groups -OCH3 is 1. The van der Waals surface area contributed by atoms with Gasteiger partial charge in [0, 0.05) is 11.5 Å². The molecule has 0 saturated carbocycles. The van der Waals surface area contributed by atoms with Gasteiger partial charge >= 0.3 is 5.97 Å². The number of furan rings is 1. The summed E-state index contributed by atoms with van der Waals surface area (Å²) in [4.78, 5) is 11.5. The van der Waals surface area contributed by atoms with E-state index < -0.39 is 5.97 Å². The molecule has 0 saturated heterocycles. The highest BCUT2D eigenvalue weighted by Gasteiger charge is 2.13. The number of carbonyl (C=O) groups excluding carboxylic acids is 1. The van der Waals surface area contributed by atoms with Gasteiger partial charge in [-0.25, -0.2) is 4.79 Å². The predicted octanol–water partition coefficient (Wildman–Crippen LogP) is 5.32. The Balaban J connectivity index is 1.91. The summed E-state index contributed by atoms with van der Waals surface area (Å²) in [7, 11) is 1.30. The van der Waals surface area contributed by atoms with Crippen LogP contribution in [0.2, 0.25) is 10.0 Å². The van der Waals surface area contributed by atoms with Gasteiger partial charge < -0.3 is 13.9 Å². The second-order valence-electron chi connectivity index (χ2n) is 4.48. The second kappa shape index (κ2) is 5.91. The quantitative estimate of drug-likeness (QED) is 0.607. The molecule has 0 spiro atoms. The number of fused-ring (bicyclic) bond motifs is 1. The maximum atomic E-state index is 11.5. The fourth-order valence-corrected chi connectivity index (χ4v) is 2.25. The van der Waals surface area contributed by atoms with E-state index in [1.165, 1.54) is 7.11 Å². The van der Waals surface area contributed by atoms with E-state index >= 15 is 0 Å². The molecule has 2 aromatic carbocycles. The van der Waals surface area contributed by atoms with Crippen molar-refractivity contribution in [3.8, 4) is 11.5 Å². The number of halogens is 2. The molecular weight excluding hydrogens is 327 g/mol. The van der Waals surface area contributed by atoms with Gasteiger partial charge in [0.15, 0.2) is 0 Å². The summed E-state index contributed by atoms with van der Waals surface area (Å²) in [5, 5.41) is 1.61. The fourth-order valence-electron chi connectivity index (χ4n) is 1.96. The monoisotopic (exact) mass is 336 g/mol. The lowest BCUT2D eigenvalue weighted by molar-refractivity contribution is 0.0567. The van der Waals surface area contributed by atoms with Crippen LogP contribution in [0.15, 0.2) is 46.9 Å². The van der Waals surface area contributed by atoms with Crippen molar-refractivity contribution >= 4 is 40.1 Å². The zero-order valence-corrected chi connectivity index (χ0v) is 12.9. The number of hydrogen-bond acceptors (Lipinski definition) is 4. The molecule has 1 heterocycles. The molecule has 6 heteroatoms. The van der Waals surface area contributed by atoms with Crippen LogP contribution in [-0.2, 0) is 4.74 Å². The molecule has 0 N–H and O–H groups in total. The first-order valence-corrected chi connectivity index (χ1v) is 7.07. The number of ether oxygens (including phenoxy) is 2. The molecule has 0 atom stereocenters. The van der Waals surface area contributed by atoms with Crippen LogP contribution in [0.25, 0.3) is 11.0 Å². The highest BCUT2D eigenvalue weighted by molar-refractivity contribution is 6.42. The molecule has 0 aliphatic carbocycles. The van der Waals surface area contributed by atoms with Crippen LogP contribution in [0, 0.1) is 0 Å². The van der Waals surface area contributed by atoms with Crippen molar-refractivity contribution in [2.75, 3.05) is 7.11 Å². The summed E-state index contributed by atoms with van der Waals surface area (Å²) in [5.41, 5.74) is 0.571. The normalized spacial score (nSPS) is 10.7. The minimum absolute atomic E-state index is 0.143. The van der Waals surface area contributed by atoms with Gasteiger partial charge in [0.25, 0.3) is 0 Å². The minimum Gasteiger partial charge on any atom is -0.463 e. The summed E-state index contributed by atoms with van der Waals surface area (Å²) in [6.45, 7) is 0. The molecule has 22 heavy (non-hydrogen) atoms. The van der Waals surface area contributed by atoms with Gasteiger partial charge in [0.05, 0.1) is 17.2 Å². The number of hydrogen-bond donors (Lipinski definition) is 0. The zero-order chi connectivity index (χ0) is 15.7. The van der Waals surface area contributed by atoms with Crippen LogP contribution in [0.5, 0.6) is 11.5 Å². The van der Waals surface area contributed by atoms with Gasteiger partial charge in [-0.3, -0.25) is 0 Å². The van der Waals surface area contributed by atoms with E-state index in [4.69, 9.17) is 32.4 Å². The Morgan fingerprint density at radius 2 is 1.73 bits per heavy atom. The van der Waals surface area contributed by atoms with Crippen molar-refractivity contribution in [2.45, 2.75) is 0 Å². The van der Waals surface area contributed by atoms with Crippen molar-refractivity contribution < 1.29 is 18.7 Å². The topological polar surface area (TPSA) is 48.7 Å². The molecule has 3 rings (SSSR count). The van der Waals surface area contributed by atoms with Gasteiger partial charge in [0.2, 0.25) is 5.76 Å². The largest absolute Gasteiger partial charge is 0.463 e. The maximum absolute atomic E-state index is 11.5. The van der Waals surface area contributed by atoms with Crippen LogP contribution in [0.1, 0.15) is 10.6 Å². The number of rotatable bonds is 3. The SMILES string of the molecule is COC(=O)c1cc2cc(Oc3ccc(Cl)c(Cl)c3)ccc2o1. The average Bonchev–Trinajstić information content (AvgIpc) is 2.93. The van der Waals surface area contributed by atoms with E-state index in [1.54, 1.807) is 42.5 Å². The molecule has 0 fully saturated rings. The third-order valence-electron chi connectivity index (χ3n) is 3.00. The van der Waals surface area contributed by atoms with Gasteiger partial charge in [-0.1, -0.05) is 23.2 Å². The molecule has 0 aliphatic rings. The number of esters is 1. The van der Waals surface area contributed by atoms with Crippen molar-refractivity contribution in [3.05, 3.63) is 58.3 Å². The van der Waals surface area contributed by atoms with Crippen molar-refractivity contribution in [3.63, 3.8) is 0 Å². The Morgan fingerprint density at radius 3 is 2.45 bits per heavy atom. The molecule has 1 aromatic heterocycles. The maximum Gasteiger partial charge on any atom is 0.373 e. The van der Waals surface area contributed by atoms with Crippen LogP contribution in [0.3, 0.4) is 0 Å². The summed E-state index contributed by atoms with van der Waals surface area (Å²) >= 11 is 11.8. The minimum atomic E-state index is -0.525. The van der Waals surface area contributed by atoms with E-state index in [0.717, 1.165) is 5.39 Å². The smallest absolute Gasteiger partial charge is 0.373 e. The van der Waals surface area contributed by atoms with Crippen molar-refractivity contribution in [2.24, 2.45) is 0 Å². The van der Waals surface area contributed by atoms with Gasteiger partial charge in [-0.2, -0.15) is 0 Å².